The van der Waals surface area contributed by atoms with E-state index in [2.05, 4.69) is 15.3 Å². The third kappa shape index (κ3) is 3.91. The Balaban J connectivity index is 2.10. The maximum atomic E-state index is 13.7. The predicted molar refractivity (Wildman–Crippen MR) is 100.0 cm³/mol. The number of nitrogens with zero attached hydrogens (tertiary/aromatic N) is 3. The van der Waals surface area contributed by atoms with Crippen LogP contribution in [-0.2, 0) is 13.2 Å². The summed E-state index contributed by atoms with van der Waals surface area (Å²) in [5.41, 5.74) is -1.35. The first-order valence-corrected chi connectivity index (χ1v) is 8.53. The molecule has 3 aromatic rings. The number of aromatic nitrogens is 3. The molecule has 0 saturated carbocycles. The summed E-state index contributed by atoms with van der Waals surface area (Å²) >= 11 is 0. The van der Waals surface area contributed by atoms with E-state index in [4.69, 9.17) is 5.11 Å². The molecule has 152 valence electrons. The van der Waals surface area contributed by atoms with Gasteiger partial charge >= 0.3 is 12.1 Å². The predicted octanol–water partition coefficient (Wildman–Crippen LogP) is 3.53. The smallest absolute Gasteiger partial charge is 0.416 e. The molecule has 0 bridgehead atoms. The van der Waals surface area contributed by atoms with Gasteiger partial charge in [-0.1, -0.05) is 0 Å². The molecule has 3 rings (SSSR count). The number of aromatic carboxylic acids is 1. The summed E-state index contributed by atoms with van der Waals surface area (Å²) in [6, 6.07) is 3.88. The van der Waals surface area contributed by atoms with Crippen molar-refractivity contribution in [1.29, 1.82) is 0 Å². The van der Waals surface area contributed by atoms with E-state index < -0.39 is 29.3 Å². The zero-order valence-corrected chi connectivity index (χ0v) is 15.7. The van der Waals surface area contributed by atoms with Gasteiger partial charge in [0.15, 0.2) is 0 Å². The highest BCUT2D eigenvalue weighted by Crippen LogP contribution is 2.37. The molecular formula is C19H17F3N4O3. The van der Waals surface area contributed by atoms with Gasteiger partial charge in [-0.3, -0.25) is 9.36 Å². The number of carbonyl (C=O) groups is 1. The first-order chi connectivity index (χ1) is 13.5. The van der Waals surface area contributed by atoms with Crippen LogP contribution < -0.4 is 10.9 Å². The third-order valence-electron chi connectivity index (χ3n) is 4.61. The lowest BCUT2D eigenvalue weighted by atomic mass is 9.98. The Labute approximate surface area is 162 Å². The molecule has 29 heavy (non-hydrogen) atoms. The van der Waals surface area contributed by atoms with E-state index in [1.165, 1.54) is 42.9 Å². The zero-order chi connectivity index (χ0) is 21.5. The maximum absolute atomic E-state index is 13.7. The lowest BCUT2D eigenvalue weighted by Crippen LogP contribution is -2.22. The van der Waals surface area contributed by atoms with Crippen molar-refractivity contribution in [2.45, 2.75) is 26.1 Å². The Morgan fingerprint density at radius 2 is 1.97 bits per heavy atom. The van der Waals surface area contributed by atoms with Crippen LogP contribution in [0.5, 0.6) is 0 Å². The van der Waals surface area contributed by atoms with Gasteiger partial charge in [-0.2, -0.15) is 13.2 Å². The second-order valence-corrected chi connectivity index (χ2v) is 6.58. The van der Waals surface area contributed by atoms with Gasteiger partial charge in [0.25, 0.3) is 5.56 Å². The molecule has 1 aromatic carbocycles. The Hall–Kier alpha value is -3.43. The molecule has 0 amide bonds. The van der Waals surface area contributed by atoms with E-state index in [9.17, 15) is 22.8 Å². The molecule has 0 saturated heterocycles. The number of hydrogen-bond donors (Lipinski definition) is 2. The Morgan fingerprint density at radius 1 is 1.28 bits per heavy atom. The van der Waals surface area contributed by atoms with E-state index in [-0.39, 0.29) is 22.2 Å². The Morgan fingerprint density at radius 3 is 2.52 bits per heavy atom. The van der Waals surface area contributed by atoms with Crippen molar-refractivity contribution in [3.63, 3.8) is 0 Å². The maximum Gasteiger partial charge on any atom is 0.416 e. The normalized spacial score (nSPS) is 12.8. The van der Waals surface area contributed by atoms with Gasteiger partial charge in [0.2, 0.25) is 0 Å². The summed E-state index contributed by atoms with van der Waals surface area (Å²) in [7, 11) is 1.50. The summed E-state index contributed by atoms with van der Waals surface area (Å²) in [6.45, 7) is 3.05. The highest BCUT2D eigenvalue weighted by molar-refractivity contribution is 5.85. The van der Waals surface area contributed by atoms with Crippen LogP contribution in [0.1, 0.15) is 40.4 Å². The first-order valence-electron chi connectivity index (χ1n) is 8.53. The molecule has 1 atom stereocenters. The summed E-state index contributed by atoms with van der Waals surface area (Å²) in [6.07, 6.45) is -3.43. The van der Waals surface area contributed by atoms with E-state index in [0.29, 0.717) is 11.5 Å². The monoisotopic (exact) mass is 406 g/mol. The van der Waals surface area contributed by atoms with Gasteiger partial charge in [0.05, 0.1) is 28.4 Å². The van der Waals surface area contributed by atoms with Crippen LogP contribution in [0.4, 0.5) is 18.9 Å². The highest BCUT2D eigenvalue weighted by atomic mass is 19.4. The Kier molecular flexibility index (Phi) is 5.04. The van der Waals surface area contributed by atoms with Gasteiger partial charge in [-0.05, 0) is 43.7 Å². The molecule has 2 heterocycles. The minimum atomic E-state index is -4.65. The van der Waals surface area contributed by atoms with Gasteiger partial charge < -0.3 is 10.4 Å². The molecule has 0 spiro atoms. The van der Waals surface area contributed by atoms with Gasteiger partial charge in [-0.25, -0.2) is 14.8 Å². The van der Waals surface area contributed by atoms with Crippen molar-refractivity contribution in [1.82, 2.24) is 14.5 Å². The second kappa shape index (κ2) is 7.19. The standard InChI is InChI=1S/C19H17F3N4O3/c1-9(24-11-4-5-15(18(28)29)23-8-11)12-6-13-16(7-14(12)19(20,21)22)25-10(2)26(3)17(13)27/h4-9,24H,1-3H3,(H,28,29)/t9-/m0/s1. The lowest BCUT2D eigenvalue weighted by Gasteiger charge is -2.21. The second-order valence-electron chi connectivity index (χ2n) is 6.58. The van der Waals surface area contributed by atoms with Crippen LogP contribution in [0.25, 0.3) is 10.9 Å². The number of rotatable bonds is 4. The topological polar surface area (TPSA) is 97.1 Å². The third-order valence-corrected chi connectivity index (χ3v) is 4.61. The van der Waals surface area contributed by atoms with Gasteiger partial charge in [0.1, 0.15) is 11.5 Å². The zero-order valence-electron chi connectivity index (χ0n) is 15.7. The van der Waals surface area contributed by atoms with Crippen molar-refractivity contribution >= 4 is 22.6 Å². The number of alkyl halides is 3. The van der Waals surface area contributed by atoms with Crippen LogP contribution in [-0.4, -0.2) is 25.6 Å². The molecule has 0 unspecified atom stereocenters. The van der Waals surface area contributed by atoms with Crippen LogP contribution in [0.3, 0.4) is 0 Å². The Bertz CT molecular complexity index is 1150. The molecule has 0 aliphatic rings. The number of carboxylic acid groups (broad SMARTS) is 1. The highest BCUT2D eigenvalue weighted by Gasteiger charge is 2.35. The van der Waals surface area contributed by atoms with Crippen LogP contribution >= 0.6 is 0 Å². The van der Waals surface area contributed by atoms with Crippen LogP contribution in [0.15, 0.2) is 35.3 Å². The van der Waals surface area contributed by atoms with Crippen molar-refractivity contribution in [2.24, 2.45) is 7.05 Å². The molecule has 7 nitrogen and oxygen atoms in total. The number of nitrogens with one attached hydrogen (secondary N) is 1. The van der Waals surface area contributed by atoms with Crippen molar-refractivity contribution in [2.75, 3.05) is 5.32 Å². The van der Waals surface area contributed by atoms with Gasteiger partial charge in [0, 0.05) is 13.1 Å². The molecule has 2 aromatic heterocycles. The fraction of sp³-hybridized carbons (Fsp3) is 0.263. The number of aryl methyl sites for hydroxylation is 1. The number of anilines is 1. The molecular weight excluding hydrogens is 389 g/mol. The quantitative estimate of drug-likeness (QED) is 0.688. The molecule has 0 radical (unpaired) electrons. The van der Waals surface area contributed by atoms with E-state index in [1.54, 1.807) is 6.92 Å². The number of carboxylic acids is 1. The van der Waals surface area contributed by atoms with Crippen molar-refractivity contribution in [3.05, 3.63) is 63.5 Å². The SMILES string of the molecule is Cc1nc2cc(C(F)(F)F)c([C@H](C)Nc3ccc(C(=O)O)nc3)cc2c(=O)n1C. The fourth-order valence-electron chi connectivity index (χ4n) is 2.98. The van der Waals surface area contributed by atoms with Crippen LogP contribution in [0, 0.1) is 6.92 Å². The molecule has 0 aliphatic heterocycles. The molecule has 2 N–H and O–H groups in total. The van der Waals surface area contributed by atoms with Crippen molar-refractivity contribution < 1.29 is 23.1 Å². The first kappa shape index (κ1) is 20.3. The number of fused-ring (bicyclic) bond motifs is 1. The molecule has 0 aliphatic carbocycles. The summed E-state index contributed by atoms with van der Waals surface area (Å²) in [5.74, 6) is -0.906. The largest absolute Gasteiger partial charge is 0.477 e. The minimum absolute atomic E-state index is 0.0265. The van der Waals surface area contributed by atoms with Gasteiger partial charge in [-0.15, -0.1) is 0 Å². The number of benzene rings is 1. The number of halogens is 3. The molecule has 10 heteroatoms. The summed E-state index contributed by atoms with van der Waals surface area (Å²) < 4.78 is 42.3. The van der Waals surface area contributed by atoms with E-state index >= 15 is 0 Å². The lowest BCUT2D eigenvalue weighted by molar-refractivity contribution is -0.138. The number of pyridine rings is 1. The van der Waals surface area contributed by atoms with E-state index in [0.717, 1.165) is 6.07 Å². The average molecular weight is 406 g/mol. The average Bonchev–Trinajstić information content (AvgIpc) is 2.65. The number of hydrogen-bond acceptors (Lipinski definition) is 5. The summed E-state index contributed by atoms with van der Waals surface area (Å²) in [4.78, 5) is 31.2. The van der Waals surface area contributed by atoms with Crippen molar-refractivity contribution in [3.8, 4) is 0 Å². The van der Waals surface area contributed by atoms with Crippen LogP contribution in [0.2, 0.25) is 0 Å². The fourth-order valence-corrected chi connectivity index (χ4v) is 2.98. The summed E-state index contributed by atoms with van der Waals surface area (Å²) in [5, 5.41) is 11.8. The molecule has 0 fully saturated rings. The minimum Gasteiger partial charge on any atom is -0.477 e. The van der Waals surface area contributed by atoms with E-state index in [1.807, 2.05) is 0 Å².